The molecule has 0 aliphatic rings. The maximum Gasteiger partial charge on any atom is 0.339 e. The molecule has 92 valence electrons. The van der Waals surface area contributed by atoms with E-state index in [1.54, 1.807) is 13.0 Å². The molecule has 0 bridgehead atoms. The lowest BCUT2D eigenvalue weighted by Gasteiger charge is -2.03. The fourth-order valence-electron chi connectivity index (χ4n) is 1.24. The molecule has 0 atom stereocenters. The molecule has 0 saturated heterocycles. The van der Waals surface area contributed by atoms with E-state index < -0.39 is 5.97 Å². The quantitative estimate of drug-likeness (QED) is 0.673. The van der Waals surface area contributed by atoms with Gasteiger partial charge in [-0.15, -0.1) is 6.58 Å². The molecule has 1 rings (SSSR count). The van der Waals surface area contributed by atoms with Crippen LogP contribution in [0.5, 0.6) is 0 Å². The summed E-state index contributed by atoms with van der Waals surface area (Å²) in [6.07, 6.45) is 1.55. The first-order valence-electron chi connectivity index (χ1n) is 4.99. The van der Waals surface area contributed by atoms with Gasteiger partial charge in [-0.1, -0.05) is 6.08 Å². The van der Waals surface area contributed by atoms with Crippen LogP contribution in [0.2, 0.25) is 0 Å². The van der Waals surface area contributed by atoms with Crippen molar-refractivity contribution in [3.05, 3.63) is 35.8 Å². The highest BCUT2D eigenvalue weighted by Crippen LogP contribution is 2.14. The van der Waals surface area contributed by atoms with Crippen molar-refractivity contribution in [1.82, 2.24) is 10.6 Å². The van der Waals surface area contributed by atoms with E-state index in [-0.39, 0.29) is 18.1 Å². The zero-order valence-electron chi connectivity index (χ0n) is 9.45. The minimum absolute atomic E-state index is 0.105. The van der Waals surface area contributed by atoms with Crippen LogP contribution >= 0.6 is 0 Å². The van der Waals surface area contributed by atoms with E-state index in [9.17, 15) is 9.59 Å². The Balaban J connectivity index is 2.52. The van der Waals surface area contributed by atoms with Crippen LogP contribution in [0.25, 0.3) is 0 Å². The molecule has 0 aliphatic heterocycles. The first-order chi connectivity index (χ1) is 8.04. The lowest BCUT2D eigenvalue weighted by molar-refractivity contribution is 0.0695. The third-order valence-corrected chi connectivity index (χ3v) is 2.03. The Bertz CT molecular complexity index is 437. The van der Waals surface area contributed by atoms with Crippen molar-refractivity contribution in [2.45, 2.75) is 13.5 Å². The minimum Gasteiger partial charge on any atom is -0.478 e. The molecule has 0 saturated carbocycles. The van der Waals surface area contributed by atoms with Gasteiger partial charge in [-0.25, -0.2) is 9.59 Å². The Kier molecular flexibility index (Phi) is 4.33. The van der Waals surface area contributed by atoms with E-state index in [0.717, 1.165) is 0 Å². The van der Waals surface area contributed by atoms with Gasteiger partial charge in [0, 0.05) is 6.54 Å². The van der Waals surface area contributed by atoms with Gasteiger partial charge < -0.3 is 20.2 Å². The summed E-state index contributed by atoms with van der Waals surface area (Å²) in [5.74, 6) is -0.330. The third kappa shape index (κ3) is 3.67. The van der Waals surface area contributed by atoms with Gasteiger partial charge in [0.2, 0.25) is 0 Å². The summed E-state index contributed by atoms with van der Waals surface area (Å²) in [4.78, 5) is 21.9. The summed E-state index contributed by atoms with van der Waals surface area (Å²) in [5.41, 5.74) is 0.105. The lowest BCUT2D eigenvalue weighted by Crippen LogP contribution is -2.34. The Morgan fingerprint density at radius 2 is 2.24 bits per heavy atom. The first-order valence-corrected chi connectivity index (χ1v) is 4.99. The van der Waals surface area contributed by atoms with Crippen LogP contribution in [-0.2, 0) is 6.54 Å². The molecule has 0 unspecified atom stereocenters. The number of urea groups is 1. The molecule has 6 heteroatoms. The largest absolute Gasteiger partial charge is 0.478 e. The van der Waals surface area contributed by atoms with Gasteiger partial charge in [0.25, 0.3) is 0 Å². The number of hydrogen-bond acceptors (Lipinski definition) is 3. The van der Waals surface area contributed by atoms with E-state index in [4.69, 9.17) is 9.52 Å². The van der Waals surface area contributed by atoms with Crippen molar-refractivity contribution in [2.24, 2.45) is 0 Å². The smallest absolute Gasteiger partial charge is 0.339 e. The fourth-order valence-corrected chi connectivity index (χ4v) is 1.24. The Morgan fingerprint density at radius 3 is 2.76 bits per heavy atom. The van der Waals surface area contributed by atoms with Crippen molar-refractivity contribution in [1.29, 1.82) is 0 Å². The maximum absolute atomic E-state index is 11.2. The zero-order valence-corrected chi connectivity index (χ0v) is 9.45. The van der Waals surface area contributed by atoms with Crippen LogP contribution < -0.4 is 10.6 Å². The molecule has 2 amide bonds. The molecule has 1 heterocycles. The summed E-state index contributed by atoms with van der Waals surface area (Å²) >= 11 is 0. The first kappa shape index (κ1) is 12.8. The molecule has 1 aromatic rings. The number of aromatic carboxylic acids is 1. The highest BCUT2D eigenvalue weighted by atomic mass is 16.4. The molecule has 0 spiro atoms. The van der Waals surface area contributed by atoms with Crippen molar-refractivity contribution in [3.63, 3.8) is 0 Å². The highest BCUT2D eigenvalue weighted by molar-refractivity contribution is 5.88. The van der Waals surface area contributed by atoms with Gasteiger partial charge in [0.1, 0.15) is 17.1 Å². The second kappa shape index (κ2) is 5.74. The van der Waals surface area contributed by atoms with Crippen molar-refractivity contribution >= 4 is 12.0 Å². The van der Waals surface area contributed by atoms with Gasteiger partial charge in [-0.3, -0.25) is 0 Å². The molecule has 3 N–H and O–H groups in total. The third-order valence-electron chi connectivity index (χ3n) is 2.03. The van der Waals surface area contributed by atoms with E-state index in [1.807, 2.05) is 0 Å². The summed E-state index contributed by atoms with van der Waals surface area (Å²) < 4.78 is 5.19. The predicted octanol–water partition coefficient (Wildman–Crippen LogP) is 1.27. The van der Waals surface area contributed by atoms with E-state index in [2.05, 4.69) is 17.2 Å². The van der Waals surface area contributed by atoms with Crippen LogP contribution in [0.4, 0.5) is 4.79 Å². The molecular weight excluding hydrogens is 224 g/mol. The molecule has 0 fully saturated rings. The number of aryl methyl sites for hydroxylation is 1. The van der Waals surface area contributed by atoms with Crippen molar-refractivity contribution < 1.29 is 19.1 Å². The molecule has 1 aromatic heterocycles. The molecule has 17 heavy (non-hydrogen) atoms. The SMILES string of the molecule is C=CCNC(=O)NCc1cc(C(=O)O)c(C)o1. The van der Waals surface area contributed by atoms with E-state index in [1.165, 1.54) is 6.07 Å². The van der Waals surface area contributed by atoms with Crippen LogP contribution in [0.15, 0.2) is 23.1 Å². The summed E-state index contributed by atoms with van der Waals surface area (Å²) in [6, 6.07) is 1.03. The second-order valence-corrected chi connectivity index (χ2v) is 3.34. The monoisotopic (exact) mass is 238 g/mol. The lowest BCUT2D eigenvalue weighted by atomic mass is 10.2. The number of hydrogen-bond donors (Lipinski definition) is 3. The fraction of sp³-hybridized carbons (Fsp3) is 0.273. The van der Waals surface area contributed by atoms with Gasteiger partial charge in [-0.2, -0.15) is 0 Å². The Labute approximate surface area is 98.3 Å². The summed E-state index contributed by atoms with van der Waals surface area (Å²) in [5, 5.41) is 13.9. The number of carboxylic acid groups (broad SMARTS) is 1. The average Bonchev–Trinajstić information content (AvgIpc) is 2.65. The Morgan fingerprint density at radius 1 is 1.53 bits per heavy atom. The molecular formula is C11H14N2O4. The molecule has 0 radical (unpaired) electrons. The Hall–Kier alpha value is -2.24. The van der Waals surface area contributed by atoms with Crippen LogP contribution in [0, 0.1) is 6.92 Å². The zero-order chi connectivity index (χ0) is 12.8. The van der Waals surface area contributed by atoms with Crippen LogP contribution in [-0.4, -0.2) is 23.7 Å². The number of carbonyl (C=O) groups excluding carboxylic acids is 1. The number of amides is 2. The number of carbonyl (C=O) groups is 2. The molecule has 6 nitrogen and oxygen atoms in total. The highest BCUT2D eigenvalue weighted by Gasteiger charge is 2.13. The van der Waals surface area contributed by atoms with Crippen LogP contribution in [0.1, 0.15) is 21.9 Å². The number of furan rings is 1. The van der Waals surface area contributed by atoms with Gasteiger partial charge in [0.05, 0.1) is 6.54 Å². The van der Waals surface area contributed by atoms with E-state index >= 15 is 0 Å². The van der Waals surface area contributed by atoms with Crippen molar-refractivity contribution in [3.8, 4) is 0 Å². The summed E-state index contributed by atoms with van der Waals surface area (Å²) in [6.45, 7) is 5.52. The van der Waals surface area contributed by atoms with E-state index in [0.29, 0.717) is 18.1 Å². The van der Waals surface area contributed by atoms with Gasteiger partial charge in [-0.05, 0) is 13.0 Å². The second-order valence-electron chi connectivity index (χ2n) is 3.34. The molecule has 0 aliphatic carbocycles. The average molecular weight is 238 g/mol. The standard InChI is InChI=1S/C11H14N2O4/c1-3-4-12-11(16)13-6-8-5-9(10(14)15)7(2)17-8/h3,5H,1,4,6H2,2H3,(H,14,15)(H2,12,13,16). The topological polar surface area (TPSA) is 91.6 Å². The number of rotatable bonds is 5. The van der Waals surface area contributed by atoms with Gasteiger partial charge >= 0.3 is 12.0 Å². The molecule has 0 aromatic carbocycles. The predicted molar refractivity (Wildman–Crippen MR) is 60.8 cm³/mol. The number of nitrogens with one attached hydrogen (secondary N) is 2. The minimum atomic E-state index is -1.05. The van der Waals surface area contributed by atoms with Crippen LogP contribution in [0.3, 0.4) is 0 Å². The summed E-state index contributed by atoms with van der Waals surface area (Å²) in [7, 11) is 0. The normalized spacial score (nSPS) is 9.71. The van der Waals surface area contributed by atoms with Gasteiger partial charge in [0.15, 0.2) is 0 Å². The maximum atomic E-state index is 11.2. The van der Waals surface area contributed by atoms with Crippen molar-refractivity contribution in [2.75, 3.05) is 6.54 Å². The number of carboxylic acids is 1.